The molecule has 3 nitrogen and oxygen atoms in total. The maximum absolute atomic E-state index is 13.6. The van der Waals surface area contributed by atoms with Crippen LogP contribution in [-0.4, -0.2) is 18.6 Å². The third kappa shape index (κ3) is 2.98. The summed E-state index contributed by atoms with van der Waals surface area (Å²) >= 11 is 1.96. The summed E-state index contributed by atoms with van der Waals surface area (Å²) in [6.07, 6.45) is -0.810. The molecule has 0 aromatic heterocycles. The largest absolute Gasteiger partial charge is 0.443 e. The predicted molar refractivity (Wildman–Crippen MR) is 68.6 cm³/mol. The fourth-order valence-electron chi connectivity index (χ4n) is 1.52. The number of alkyl carbamates (subject to hydrolysis) is 1. The summed E-state index contributed by atoms with van der Waals surface area (Å²) in [4.78, 5) is 11.0. The van der Waals surface area contributed by atoms with Crippen LogP contribution in [0.3, 0.4) is 0 Å². The van der Waals surface area contributed by atoms with Crippen molar-refractivity contribution in [2.75, 3.05) is 6.61 Å². The smallest absolute Gasteiger partial charge is 0.408 e. The first kappa shape index (κ1) is 14.4. The minimum atomic E-state index is -3.09. The van der Waals surface area contributed by atoms with Gasteiger partial charge in [-0.3, -0.25) is 0 Å². The van der Waals surface area contributed by atoms with E-state index in [1.54, 1.807) is 24.3 Å². The SMILES string of the molecule is Cl.O=C1N[C@@H](c2ccccc2I)C(F)(F)CO1. The molecule has 0 bridgehead atoms. The van der Waals surface area contributed by atoms with Gasteiger partial charge in [-0.25, -0.2) is 13.6 Å². The van der Waals surface area contributed by atoms with E-state index < -0.39 is 24.7 Å². The summed E-state index contributed by atoms with van der Waals surface area (Å²) in [7, 11) is 0. The van der Waals surface area contributed by atoms with Gasteiger partial charge in [-0.1, -0.05) is 18.2 Å². The lowest BCUT2D eigenvalue weighted by molar-refractivity contribution is -0.104. The zero-order chi connectivity index (χ0) is 11.8. The molecule has 1 aromatic carbocycles. The Kier molecular flexibility index (Phi) is 4.54. The van der Waals surface area contributed by atoms with Crippen LogP contribution in [0.2, 0.25) is 0 Å². The van der Waals surface area contributed by atoms with Gasteiger partial charge in [0.2, 0.25) is 0 Å². The van der Waals surface area contributed by atoms with Crippen LogP contribution < -0.4 is 5.32 Å². The molecule has 1 aromatic rings. The van der Waals surface area contributed by atoms with Crippen molar-refractivity contribution in [2.45, 2.75) is 12.0 Å². The topological polar surface area (TPSA) is 38.3 Å². The zero-order valence-electron chi connectivity index (χ0n) is 8.45. The van der Waals surface area contributed by atoms with Gasteiger partial charge in [-0.15, -0.1) is 12.4 Å². The Bertz CT molecular complexity index is 431. The van der Waals surface area contributed by atoms with Crippen molar-refractivity contribution in [3.8, 4) is 0 Å². The third-order valence-corrected chi connectivity index (χ3v) is 3.28. The molecule has 2 rings (SSSR count). The van der Waals surface area contributed by atoms with Crippen LogP contribution in [0.1, 0.15) is 11.6 Å². The molecule has 1 aliphatic rings. The number of alkyl halides is 2. The normalized spacial score (nSPS) is 22.1. The molecule has 7 heteroatoms. The van der Waals surface area contributed by atoms with E-state index in [4.69, 9.17) is 0 Å². The number of hydrogen-bond acceptors (Lipinski definition) is 2. The molecular formula is C10H9ClF2INO2. The first-order valence-electron chi connectivity index (χ1n) is 4.56. The fraction of sp³-hybridized carbons (Fsp3) is 0.300. The van der Waals surface area contributed by atoms with Crippen LogP contribution >= 0.6 is 35.0 Å². The summed E-state index contributed by atoms with van der Waals surface area (Å²) in [5.74, 6) is -3.09. The van der Waals surface area contributed by atoms with Gasteiger partial charge in [0.1, 0.15) is 6.04 Å². The van der Waals surface area contributed by atoms with Crippen LogP contribution in [0, 0.1) is 3.57 Å². The molecule has 0 radical (unpaired) electrons. The highest BCUT2D eigenvalue weighted by molar-refractivity contribution is 14.1. The van der Waals surface area contributed by atoms with E-state index in [1.165, 1.54) is 0 Å². The van der Waals surface area contributed by atoms with E-state index in [0.717, 1.165) is 0 Å². The highest BCUT2D eigenvalue weighted by Gasteiger charge is 2.47. The van der Waals surface area contributed by atoms with E-state index in [0.29, 0.717) is 9.13 Å². The van der Waals surface area contributed by atoms with Crippen molar-refractivity contribution >= 4 is 41.1 Å². The quantitative estimate of drug-likeness (QED) is 0.766. The number of cyclic esters (lactones) is 1. The minimum Gasteiger partial charge on any atom is -0.443 e. The molecule has 1 fully saturated rings. The Balaban J connectivity index is 0.00000144. The van der Waals surface area contributed by atoms with Crippen molar-refractivity contribution < 1.29 is 18.3 Å². The van der Waals surface area contributed by atoms with Gasteiger partial charge in [0.25, 0.3) is 0 Å². The predicted octanol–water partition coefficient (Wildman–Crippen LogP) is 3.13. The summed E-state index contributed by atoms with van der Waals surface area (Å²) in [5, 5.41) is 2.15. The van der Waals surface area contributed by atoms with Crippen LogP contribution in [0.25, 0.3) is 0 Å². The highest BCUT2D eigenvalue weighted by Crippen LogP contribution is 2.36. The van der Waals surface area contributed by atoms with E-state index in [9.17, 15) is 13.6 Å². The molecule has 94 valence electrons. The van der Waals surface area contributed by atoms with Crippen molar-refractivity contribution in [3.63, 3.8) is 0 Å². The van der Waals surface area contributed by atoms with Crippen LogP contribution in [-0.2, 0) is 4.74 Å². The maximum atomic E-state index is 13.6. The van der Waals surface area contributed by atoms with Gasteiger partial charge in [-0.2, -0.15) is 0 Å². The zero-order valence-corrected chi connectivity index (χ0v) is 11.4. The van der Waals surface area contributed by atoms with Crippen molar-refractivity contribution in [1.82, 2.24) is 5.32 Å². The van der Waals surface area contributed by atoms with Crippen molar-refractivity contribution in [2.24, 2.45) is 0 Å². The number of benzene rings is 1. The number of halogens is 4. The van der Waals surface area contributed by atoms with Crippen molar-refractivity contribution in [1.29, 1.82) is 0 Å². The first-order chi connectivity index (χ1) is 7.50. The van der Waals surface area contributed by atoms with Gasteiger partial charge in [-0.05, 0) is 34.2 Å². The van der Waals surface area contributed by atoms with E-state index in [1.807, 2.05) is 22.6 Å². The number of ether oxygens (including phenoxy) is 1. The second-order valence-electron chi connectivity index (χ2n) is 3.44. The van der Waals surface area contributed by atoms with Crippen LogP contribution in [0.4, 0.5) is 13.6 Å². The molecule has 1 amide bonds. The lowest BCUT2D eigenvalue weighted by Crippen LogP contribution is -2.49. The minimum absolute atomic E-state index is 0. The average molecular weight is 376 g/mol. The number of hydrogen-bond donors (Lipinski definition) is 1. The summed E-state index contributed by atoms with van der Waals surface area (Å²) in [6.45, 7) is -0.880. The number of amides is 1. The number of carbonyl (C=O) groups excluding carboxylic acids is 1. The van der Waals surface area contributed by atoms with Gasteiger partial charge < -0.3 is 10.1 Å². The van der Waals surface area contributed by atoms with Crippen LogP contribution in [0.5, 0.6) is 0 Å². The summed E-state index contributed by atoms with van der Waals surface area (Å²) < 4.78 is 32.1. The molecule has 0 spiro atoms. The molecule has 1 N–H and O–H groups in total. The lowest BCUT2D eigenvalue weighted by atomic mass is 10.0. The maximum Gasteiger partial charge on any atom is 0.408 e. The monoisotopic (exact) mass is 375 g/mol. The molecule has 1 atom stereocenters. The Morgan fingerprint density at radius 3 is 2.71 bits per heavy atom. The average Bonchev–Trinajstić information content (AvgIpc) is 2.23. The Hall–Kier alpha value is -0.630. The summed E-state index contributed by atoms with van der Waals surface area (Å²) in [6, 6.07) is 5.39. The molecular weight excluding hydrogens is 366 g/mol. The second kappa shape index (κ2) is 5.34. The van der Waals surface area contributed by atoms with Crippen molar-refractivity contribution in [3.05, 3.63) is 33.4 Å². The summed E-state index contributed by atoms with van der Waals surface area (Å²) in [5.41, 5.74) is 0.407. The van der Waals surface area contributed by atoms with E-state index in [2.05, 4.69) is 10.1 Å². The number of rotatable bonds is 1. The standard InChI is InChI=1S/C10H8F2INO2.ClH/c11-10(12)5-16-9(15)14-8(10)6-3-1-2-4-7(6)13;/h1-4,8H,5H2,(H,14,15);1H/t8-;/m0./s1. The Labute approximate surface area is 116 Å². The van der Waals surface area contributed by atoms with Gasteiger partial charge in [0.05, 0.1) is 0 Å². The van der Waals surface area contributed by atoms with Gasteiger partial charge >= 0.3 is 12.0 Å². The lowest BCUT2D eigenvalue weighted by Gasteiger charge is -2.32. The molecule has 1 aliphatic heterocycles. The van der Waals surface area contributed by atoms with E-state index in [-0.39, 0.29) is 12.4 Å². The highest BCUT2D eigenvalue weighted by atomic mass is 127. The van der Waals surface area contributed by atoms with Crippen LogP contribution in [0.15, 0.2) is 24.3 Å². The molecule has 1 heterocycles. The Morgan fingerprint density at radius 2 is 2.06 bits per heavy atom. The molecule has 1 saturated heterocycles. The number of nitrogens with one attached hydrogen (secondary N) is 1. The molecule has 0 saturated carbocycles. The van der Waals surface area contributed by atoms with Gasteiger partial charge in [0.15, 0.2) is 6.61 Å². The molecule has 0 unspecified atom stereocenters. The third-order valence-electron chi connectivity index (χ3n) is 2.30. The molecule has 0 aliphatic carbocycles. The number of carbonyl (C=O) groups is 1. The van der Waals surface area contributed by atoms with E-state index >= 15 is 0 Å². The Morgan fingerprint density at radius 1 is 1.41 bits per heavy atom. The van der Waals surface area contributed by atoms with Gasteiger partial charge in [0, 0.05) is 3.57 Å². The molecule has 17 heavy (non-hydrogen) atoms. The fourth-order valence-corrected chi connectivity index (χ4v) is 2.22. The second-order valence-corrected chi connectivity index (χ2v) is 4.60. The first-order valence-corrected chi connectivity index (χ1v) is 5.64.